The fraction of sp³-hybridized carbons (Fsp3) is 0.250. The molecule has 0 radical (unpaired) electrons. The summed E-state index contributed by atoms with van der Waals surface area (Å²) in [7, 11) is 3.94. The molecule has 1 N–H and O–H groups in total. The molecular formula is C16H18N4. The van der Waals surface area contributed by atoms with Gasteiger partial charge in [-0.3, -0.25) is 9.67 Å². The third kappa shape index (κ3) is 2.08. The lowest BCUT2D eigenvalue weighted by molar-refractivity contribution is 0.608. The standard InChI is InChI=1S/C16H18N4/c1-11-10-13(12-6-4-5-7-14(12)19-11)16(17-2)15-8-9-18-20(15)3/h4-10,16-17H,1-3H3. The lowest BCUT2D eigenvalue weighted by Gasteiger charge is -2.19. The van der Waals surface area contributed by atoms with Crippen LogP contribution in [0.3, 0.4) is 0 Å². The number of aromatic nitrogens is 3. The van der Waals surface area contributed by atoms with Crippen molar-refractivity contribution in [3.63, 3.8) is 0 Å². The number of nitrogens with zero attached hydrogens (tertiary/aromatic N) is 3. The number of hydrogen-bond donors (Lipinski definition) is 1. The Balaban J connectivity index is 2.24. The summed E-state index contributed by atoms with van der Waals surface area (Å²) in [5.74, 6) is 0. The molecule has 0 aliphatic heterocycles. The van der Waals surface area contributed by atoms with Gasteiger partial charge in [0.2, 0.25) is 0 Å². The molecule has 102 valence electrons. The van der Waals surface area contributed by atoms with Crippen molar-refractivity contribution in [3.05, 3.63) is 59.5 Å². The number of aryl methyl sites for hydroxylation is 2. The molecule has 0 saturated carbocycles. The summed E-state index contributed by atoms with van der Waals surface area (Å²) < 4.78 is 1.91. The summed E-state index contributed by atoms with van der Waals surface area (Å²) >= 11 is 0. The van der Waals surface area contributed by atoms with E-state index in [9.17, 15) is 0 Å². The number of para-hydroxylation sites is 1. The summed E-state index contributed by atoms with van der Waals surface area (Å²) in [6.07, 6.45) is 1.83. The van der Waals surface area contributed by atoms with Crippen LogP contribution in [0.2, 0.25) is 0 Å². The molecule has 1 unspecified atom stereocenters. The quantitative estimate of drug-likeness (QED) is 0.792. The largest absolute Gasteiger partial charge is 0.308 e. The van der Waals surface area contributed by atoms with E-state index in [2.05, 4.69) is 39.7 Å². The molecule has 2 aromatic heterocycles. The highest BCUT2D eigenvalue weighted by Gasteiger charge is 2.18. The summed E-state index contributed by atoms with van der Waals surface area (Å²) in [5, 5.41) is 8.85. The molecule has 0 fully saturated rings. The number of fused-ring (bicyclic) bond motifs is 1. The van der Waals surface area contributed by atoms with Crippen LogP contribution in [0.1, 0.15) is 23.0 Å². The maximum Gasteiger partial charge on any atom is 0.0752 e. The molecular weight excluding hydrogens is 248 g/mol. The normalized spacial score (nSPS) is 12.8. The first-order valence-electron chi connectivity index (χ1n) is 6.72. The predicted octanol–water partition coefficient (Wildman–Crippen LogP) is 2.59. The van der Waals surface area contributed by atoms with E-state index in [1.165, 1.54) is 10.9 Å². The molecule has 3 aromatic rings. The van der Waals surface area contributed by atoms with Crippen molar-refractivity contribution in [1.29, 1.82) is 0 Å². The molecule has 3 rings (SSSR count). The van der Waals surface area contributed by atoms with Gasteiger partial charge in [-0.05, 0) is 37.7 Å². The average Bonchev–Trinajstić information content (AvgIpc) is 2.86. The average molecular weight is 266 g/mol. The highest BCUT2D eigenvalue weighted by molar-refractivity contribution is 5.83. The van der Waals surface area contributed by atoms with Crippen LogP contribution in [0.5, 0.6) is 0 Å². The fourth-order valence-electron chi connectivity index (χ4n) is 2.71. The molecule has 0 saturated heterocycles. The van der Waals surface area contributed by atoms with Gasteiger partial charge in [0.15, 0.2) is 0 Å². The molecule has 0 aliphatic carbocycles. The van der Waals surface area contributed by atoms with E-state index < -0.39 is 0 Å². The maximum absolute atomic E-state index is 4.61. The Hall–Kier alpha value is -2.20. The summed E-state index contributed by atoms with van der Waals surface area (Å²) in [5.41, 5.74) is 4.44. The first kappa shape index (κ1) is 12.8. The Bertz CT molecular complexity index is 745. The first-order valence-corrected chi connectivity index (χ1v) is 6.72. The highest BCUT2D eigenvalue weighted by atomic mass is 15.3. The van der Waals surface area contributed by atoms with Gasteiger partial charge in [0.25, 0.3) is 0 Å². The van der Waals surface area contributed by atoms with E-state index in [-0.39, 0.29) is 6.04 Å². The van der Waals surface area contributed by atoms with Crippen LogP contribution in [-0.2, 0) is 7.05 Å². The number of pyridine rings is 1. The minimum atomic E-state index is 0.106. The van der Waals surface area contributed by atoms with Gasteiger partial charge in [0.1, 0.15) is 0 Å². The number of rotatable bonds is 3. The molecule has 0 spiro atoms. The van der Waals surface area contributed by atoms with Crippen molar-refractivity contribution in [2.75, 3.05) is 7.05 Å². The molecule has 4 nitrogen and oxygen atoms in total. The minimum absolute atomic E-state index is 0.106. The number of hydrogen-bond acceptors (Lipinski definition) is 3. The van der Waals surface area contributed by atoms with Crippen molar-refractivity contribution in [2.24, 2.45) is 7.05 Å². The lowest BCUT2D eigenvalue weighted by Crippen LogP contribution is -2.21. The van der Waals surface area contributed by atoms with Gasteiger partial charge in [-0.25, -0.2) is 0 Å². The Morgan fingerprint density at radius 3 is 2.70 bits per heavy atom. The summed E-state index contributed by atoms with van der Waals surface area (Å²) in [6, 6.07) is 12.6. The van der Waals surface area contributed by atoms with Crippen molar-refractivity contribution in [3.8, 4) is 0 Å². The van der Waals surface area contributed by atoms with E-state index in [0.29, 0.717) is 0 Å². The molecule has 1 atom stereocenters. The second kappa shape index (κ2) is 5.06. The smallest absolute Gasteiger partial charge is 0.0752 e. The van der Waals surface area contributed by atoms with Crippen LogP contribution in [0.15, 0.2) is 42.6 Å². The van der Waals surface area contributed by atoms with Gasteiger partial charge in [-0.15, -0.1) is 0 Å². The van der Waals surface area contributed by atoms with E-state index in [1.54, 1.807) is 0 Å². The van der Waals surface area contributed by atoms with Crippen molar-refractivity contribution < 1.29 is 0 Å². The van der Waals surface area contributed by atoms with Crippen molar-refractivity contribution >= 4 is 10.9 Å². The molecule has 0 bridgehead atoms. The van der Waals surface area contributed by atoms with Crippen LogP contribution in [0, 0.1) is 6.92 Å². The molecule has 20 heavy (non-hydrogen) atoms. The first-order chi connectivity index (χ1) is 9.70. The zero-order valence-electron chi connectivity index (χ0n) is 12.0. The second-order valence-corrected chi connectivity index (χ2v) is 4.97. The SMILES string of the molecule is CNC(c1cc(C)nc2ccccc12)c1ccnn1C. The minimum Gasteiger partial charge on any atom is -0.308 e. The number of benzene rings is 1. The van der Waals surface area contributed by atoms with E-state index >= 15 is 0 Å². The fourth-order valence-corrected chi connectivity index (χ4v) is 2.71. The Morgan fingerprint density at radius 1 is 1.20 bits per heavy atom. The van der Waals surface area contributed by atoms with Gasteiger partial charge < -0.3 is 5.32 Å². The third-order valence-electron chi connectivity index (χ3n) is 3.63. The highest BCUT2D eigenvalue weighted by Crippen LogP contribution is 2.28. The number of nitrogens with one attached hydrogen (secondary N) is 1. The van der Waals surface area contributed by atoms with Crippen molar-refractivity contribution in [1.82, 2.24) is 20.1 Å². The van der Waals surface area contributed by atoms with Gasteiger partial charge >= 0.3 is 0 Å². The van der Waals surface area contributed by atoms with Gasteiger partial charge in [0, 0.05) is 24.3 Å². The molecule has 2 heterocycles. The Morgan fingerprint density at radius 2 is 2.00 bits per heavy atom. The Kier molecular flexibility index (Phi) is 3.24. The third-order valence-corrected chi connectivity index (χ3v) is 3.63. The summed E-state index contributed by atoms with van der Waals surface area (Å²) in [6.45, 7) is 2.03. The molecule has 0 amide bonds. The molecule has 0 aliphatic rings. The lowest BCUT2D eigenvalue weighted by atomic mass is 9.98. The van der Waals surface area contributed by atoms with E-state index in [0.717, 1.165) is 16.9 Å². The van der Waals surface area contributed by atoms with Gasteiger partial charge in [-0.2, -0.15) is 5.10 Å². The predicted molar refractivity (Wildman–Crippen MR) is 80.6 cm³/mol. The van der Waals surface area contributed by atoms with Crippen LogP contribution >= 0.6 is 0 Å². The summed E-state index contributed by atoms with van der Waals surface area (Å²) in [4.78, 5) is 4.61. The second-order valence-electron chi connectivity index (χ2n) is 4.97. The molecule has 4 heteroatoms. The van der Waals surface area contributed by atoms with Gasteiger partial charge in [-0.1, -0.05) is 18.2 Å². The van der Waals surface area contributed by atoms with Crippen LogP contribution in [0.25, 0.3) is 10.9 Å². The van der Waals surface area contributed by atoms with Crippen LogP contribution in [0.4, 0.5) is 0 Å². The van der Waals surface area contributed by atoms with Crippen LogP contribution < -0.4 is 5.32 Å². The molecule has 1 aromatic carbocycles. The van der Waals surface area contributed by atoms with E-state index in [1.807, 2.05) is 44.0 Å². The van der Waals surface area contributed by atoms with Gasteiger partial charge in [0.05, 0.1) is 17.3 Å². The van der Waals surface area contributed by atoms with Crippen LogP contribution in [-0.4, -0.2) is 21.8 Å². The Labute approximate surface area is 118 Å². The van der Waals surface area contributed by atoms with Crippen molar-refractivity contribution in [2.45, 2.75) is 13.0 Å². The monoisotopic (exact) mass is 266 g/mol. The maximum atomic E-state index is 4.61. The zero-order chi connectivity index (χ0) is 14.1. The topological polar surface area (TPSA) is 42.7 Å². The zero-order valence-corrected chi connectivity index (χ0v) is 12.0. The van der Waals surface area contributed by atoms with E-state index in [4.69, 9.17) is 0 Å².